The van der Waals surface area contributed by atoms with Crippen molar-refractivity contribution in [2.45, 2.75) is 0 Å². The molecule has 1 aromatic carbocycles. The standard InChI is InChI=1S/C14H12ClNO3/c1-18-11-5-3-9-7-10(4-6-13(17)19-2)14(15)16-12(9)8-11/h3-8H,1-2H3/b6-4+. The van der Waals surface area contributed by atoms with Gasteiger partial charge in [-0.05, 0) is 24.3 Å². The molecule has 0 aliphatic rings. The summed E-state index contributed by atoms with van der Waals surface area (Å²) >= 11 is 6.07. The van der Waals surface area contributed by atoms with E-state index in [-0.39, 0.29) is 0 Å². The Labute approximate surface area is 115 Å². The molecule has 0 radical (unpaired) electrons. The highest BCUT2D eigenvalue weighted by molar-refractivity contribution is 6.31. The molecular weight excluding hydrogens is 266 g/mol. The topological polar surface area (TPSA) is 48.4 Å². The Bertz CT molecular complexity index is 652. The zero-order chi connectivity index (χ0) is 13.8. The lowest BCUT2D eigenvalue weighted by Crippen LogP contribution is -1.94. The van der Waals surface area contributed by atoms with Gasteiger partial charge in [0.2, 0.25) is 0 Å². The lowest BCUT2D eigenvalue weighted by molar-refractivity contribution is -0.134. The Balaban J connectivity index is 2.44. The third kappa shape index (κ3) is 3.03. The number of benzene rings is 1. The maximum absolute atomic E-state index is 11.1. The van der Waals surface area contributed by atoms with E-state index in [0.29, 0.717) is 16.5 Å². The normalized spacial score (nSPS) is 10.9. The molecule has 2 aromatic rings. The lowest BCUT2D eigenvalue weighted by Gasteiger charge is -2.04. The molecule has 0 saturated heterocycles. The lowest BCUT2D eigenvalue weighted by atomic mass is 10.1. The maximum atomic E-state index is 11.1. The highest BCUT2D eigenvalue weighted by atomic mass is 35.5. The largest absolute Gasteiger partial charge is 0.497 e. The first kappa shape index (κ1) is 13.4. The van der Waals surface area contributed by atoms with Crippen LogP contribution in [0.3, 0.4) is 0 Å². The van der Waals surface area contributed by atoms with Gasteiger partial charge in [0.05, 0.1) is 19.7 Å². The number of carbonyl (C=O) groups excluding carboxylic acids is 1. The SMILES string of the molecule is COC(=O)/C=C/c1cc2ccc(OC)cc2nc1Cl. The molecule has 5 heteroatoms. The summed E-state index contributed by atoms with van der Waals surface area (Å²) in [5.74, 6) is 0.278. The van der Waals surface area contributed by atoms with Crippen molar-refractivity contribution in [1.29, 1.82) is 0 Å². The van der Waals surface area contributed by atoms with Gasteiger partial charge < -0.3 is 9.47 Å². The number of methoxy groups -OCH3 is 2. The molecule has 0 atom stereocenters. The zero-order valence-electron chi connectivity index (χ0n) is 10.5. The molecule has 1 heterocycles. The second-order valence-electron chi connectivity index (χ2n) is 3.78. The van der Waals surface area contributed by atoms with E-state index in [1.807, 2.05) is 18.2 Å². The Hall–Kier alpha value is -2.07. The van der Waals surface area contributed by atoms with Gasteiger partial charge in [0.1, 0.15) is 10.9 Å². The molecule has 0 amide bonds. The second-order valence-corrected chi connectivity index (χ2v) is 4.14. The number of aromatic nitrogens is 1. The fourth-order valence-corrected chi connectivity index (χ4v) is 1.82. The highest BCUT2D eigenvalue weighted by Gasteiger charge is 2.04. The second kappa shape index (κ2) is 5.71. The number of esters is 1. The molecule has 1 aromatic heterocycles. The molecule has 0 fully saturated rings. The number of carbonyl (C=O) groups is 1. The van der Waals surface area contributed by atoms with Crippen LogP contribution in [0.25, 0.3) is 17.0 Å². The van der Waals surface area contributed by atoms with Crippen LogP contribution in [0.5, 0.6) is 5.75 Å². The van der Waals surface area contributed by atoms with Gasteiger partial charge in [0.15, 0.2) is 0 Å². The van der Waals surface area contributed by atoms with Crippen molar-refractivity contribution in [3.8, 4) is 5.75 Å². The van der Waals surface area contributed by atoms with Crippen LogP contribution in [0, 0.1) is 0 Å². The summed E-state index contributed by atoms with van der Waals surface area (Å²) in [4.78, 5) is 15.3. The van der Waals surface area contributed by atoms with E-state index >= 15 is 0 Å². The predicted molar refractivity (Wildman–Crippen MR) is 74.4 cm³/mol. The number of fused-ring (bicyclic) bond motifs is 1. The van der Waals surface area contributed by atoms with Gasteiger partial charge >= 0.3 is 5.97 Å². The minimum Gasteiger partial charge on any atom is -0.497 e. The number of halogens is 1. The summed E-state index contributed by atoms with van der Waals surface area (Å²) in [7, 11) is 2.91. The summed E-state index contributed by atoms with van der Waals surface area (Å²) < 4.78 is 9.65. The van der Waals surface area contributed by atoms with Crippen molar-refractivity contribution >= 4 is 34.5 Å². The first-order valence-corrected chi connectivity index (χ1v) is 5.92. The number of nitrogens with zero attached hydrogens (tertiary/aromatic N) is 1. The molecule has 0 saturated carbocycles. The van der Waals surface area contributed by atoms with Crippen LogP contribution in [0.4, 0.5) is 0 Å². The third-order valence-corrected chi connectivity index (χ3v) is 2.91. The van der Waals surface area contributed by atoms with Crippen molar-refractivity contribution in [3.05, 3.63) is 41.1 Å². The smallest absolute Gasteiger partial charge is 0.330 e. The molecule has 0 aliphatic heterocycles. The number of hydrogen-bond donors (Lipinski definition) is 0. The van der Waals surface area contributed by atoms with Crippen LogP contribution < -0.4 is 4.74 Å². The summed E-state index contributed by atoms with van der Waals surface area (Å²) in [6.07, 6.45) is 2.88. The Morgan fingerprint density at radius 1 is 1.32 bits per heavy atom. The molecule has 0 spiro atoms. The van der Waals surface area contributed by atoms with E-state index in [0.717, 1.165) is 10.9 Å². The van der Waals surface area contributed by atoms with Crippen LogP contribution in [0.15, 0.2) is 30.3 Å². The Kier molecular flexibility index (Phi) is 4.02. The van der Waals surface area contributed by atoms with E-state index in [4.69, 9.17) is 16.3 Å². The van der Waals surface area contributed by atoms with E-state index in [1.165, 1.54) is 13.2 Å². The molecule has 0 N–H and O–H groups in total. The molecule has 4 nitrogen and oxygen atoms in total. The van der Waals surface area contributed by atoms with Gasteiger partial charge in [-0.25, -0.2) is 9.78 Å². The minimum absolute atomic E-state index is 0.320. The van der Waals surface area contributed by atoms with Gasteiger partial charge in [-0.1, -0.05) is 11.6 Å². The number of pyridine rings is 1. The highest BCUT2D eigenvalue weighted by Crippen LogP contribution is 2.24. The van der Waals surface area contributed by atoms with Crippen molar-refractivity contribution < 1.29 is 14.3 Å². The van der Waals surface area contributed by atoms with Gasteiger partial charge in [0.25, 0.3) is 0 Å². The van der Waals surface area contributed by atoms with Crippen molar-refractivity contribution in [2.24, 2.45) is 0 Å². The molecular formula is C14H12ClNO3. The van der Waals surface area contributed by atoms with Crippen molar-refractivity contribution in [1.82, 2.24) is 4.98 Å². The molecule has 19 heavy (non-hydrogen) atoms. The summed E-state index contributed by atoms with van der Waals surface area (Å²) in [5, 5.41) is 1.23. The van der Waals surface area contributed by atoms with E-state index in [2.05, 4.69) is 9.72 Å². The van der Waals surface area contributed by atoms with E-state index in [9.17, 15) is 4.79 Å². The Morgan fingerprint density at radius 2 is 2.11 bits per heavy atom. The van der Waals surface area contributed by atoms with Crippen LogP contribution in [0.2, 0.25) is 5.15 Å². The van der Waals surface area contributed by atoms with Crippen LogP contribution in [-0.4, -0.2) is 25.2 Å². The minimum atomic E-state index is -0.439. The maximum Gasteiger partial charge on any atom is 0.330 e. The monoisotopic (exact) mass is 277 g/mol. The number of ether oxygens (including phenoxy) is 2. The van der Waals surface area contributed by atoms with Gasteiger partial charge in [-0.15, -0.1) is 0 Å². The average molecular weight is 278 g/mol. The average Bonchev–Trinajstić information content (AvgIpc) is 2.44. The molecule has 98 valence electrons. The fraction of sp³-hybridized carbons (Fsp3) is 0.143. The van der Waals surface area contributed by atoms with Gasteiger partial charge in [-0.3, -0.25) is 0 Å². The molecule has 0 bridgehead atoms. The zero-order valence-corrected chi connectivity index (χ0v) is 11.3. The molecule has 2 rings (SSSR count). The van der Waals surface area contributed by atoms with Gasteiger partial charge in [0, 0.05) is 23.1 Å². The third-order valence-electron chi connectivity index (χ3n) is 2.61. The first-order valence-electron chi connectivity index (χ1n) is 5.54. The van der Waals surface area contributed by atoms with Crippen LogP contribution >= 0.6 is 11.6 Å². The van der Waals surface area contributed by atoms with E-state index in [1.54, 1.807) is 19.3 Å². The molecule has 0 aliphatic carbocycles. The summed E-state index contributed by atoms with van der Waals surface area (Å²) in [6, 6.07) is 7.37. The molecule has 0 unspecified atom stereocenters. The fourth-order valence-electron chi connectivity index (χ4n) is 1.61. The summed E-state index contributed by atoms with van der Waals surface area (Å²) in [6.45, 7) is 0. The quantitative estimate of drug-likeness (QED) is 0.491. The van der Waals surface area contributed by atoms with Crippen LogP contribution in [0.1, 0.15) is 5.56 Å². The summed E-state index contributed by atoms with van der Waals surface area (Å²) in [5.41, 5.74) is 1.39. The first-order chi connectivity index (χ1) is 9.13. The van der Waals surface area contributed by atoms with Crippen LogP contribution in [-0.2, 0) is 9.53 Å². The number of rotatable bonds is 3. The number of hydrogen-bond acceptors (Lipinski definition) is 4. The van der Waals surface area contributed by atoms with E-state index < -0.39 is 5.97 Å². The Morgan fingerprint density at radius 3 is 2.79 bits per heavy atom. The predicted octanol–water partition coefficient (Wildman–Crippen LogP) is 3.08. The van der Waals surface area contributed by atoms with Gasteiger partial charge in [-0.2, -0.15) is 0 Å². The van der Waals surface area contributed by atoms with Crippen molar-refractivity contribution in [2.75, 3.05) is 14.2 Å². The van der Waals surface area contributed by atoms with Crippen molar-refractivity contribution in [3.63, 3.8) is 0 Å².